The van der Waals surface area contributed by atoms with Gasteiger partial charge in [0.1, 0.15) is 6.61 Å². The van der Waals surface area contributed by atoms with E-state index in [1.807, 2.05) is 0 Å². The Morgan fingerprint density at radius 3 is 2.33 bits per heavy atom. The highest BCUT2D eigenvalue weighted by Gasteiger charge is 2.05. The molecule has 1 aromatic carbocycles. The smallest absolute Gasteiger partial charge is 0.310 e. The molecule has 1 aromatic rings. The quantitative estimate of drug-likeness (QED) is 0.641. The highest BCUT2D eigenvalue weighted by atomic mass is 16.5. The Morgan fingerprint density at radius 1 is 1.22 bits per heavy atom. The minimum Gasteiger partial charge on any atom is -0.461 e. The van der Waals surface area contributed by atoms with Gasteiger partial charge in [-0.1, -0.05) is 18.7 Å². The number of hydrogen-bond donors (Lipinski definition) is 1. The van der Waals surface area contributed by atoms with Crippen molar-refractivity contribution in [2.75, 3.05) is 11.9 Å². The topological polar surface area (TPSA) is 55.4 Å². The number of esters is 1. The zero-order valence-corrected chi connectivity index (χ0v) is 10.7. The maximum atomic E-state index is 11.4. The molecule has 0 aliphatic carbocycles. The molecule has 1 amide bonds. The van der Waals surface area contributed by atoms with Gasteiger partial charge in [-0.3, -0.25) is 9.59 Å². The highest BCUT2D eigenvalue weighted by molar-refractivity contribution is 5.88. The summed E-state index contributed by atoms with van der Waals surface area (Å²) in [5, 5.41) is 2.66. The summed E-state index contributed by atoms with van der Waals surface area (Å²) in [5.41, 5.74) is 2.36. The SMILES string of the molecule is C=C(C)COC(=O)Cc1ccc(NC(C)=O)cc1. The lowest BCUT2D eigenvalue weighted by molar-refractivity contribution is -0.141. The summed E-state index contributed by atoms with van der Waals surface area (Å²) >= 11 is 0. The lowest BCUT2D eigenvalue weighted by Gasteiger charge is -2.06. The van der Waals surface area contributed by atoms with Gasteiger partial charge in [0, 0.05) is 12.6 Å². The van der Waals surface area contributed by atoms with Crippen molar-refractivity contribution in [3.63, 3.8) is 0 Å². The summed E-state index contributed by atoms with van der Waals surface area (Å²) in [4.78, 5) is 22.3. The molecule has 0 atom stereocenters. The van der Waals surface area contributed by atoms with Crippen LogP contribution in [0, 0.1) is 0 Å². The molecule has 0 fully saturated rings. The van der Waals surface area contributed by atoms with Crippen molar-refractivity contribution in [2.45, 2.75) is 20.3 Å². The summed E-state index contributed by atoms with van der Waals surface area (Å²) in [6.45, 7) is 7.16. The standard InChI is InChI=1S/C14H17NO3/c1-10(2)9-18-14(17)8-12-4-6-13(7-5-12)15-11(3)16/h4-7H,1,8-9H2,2-3H3,(H,15,16). The number of amides is 1. The summed E-state index contributed by atoms with van der Waals surface area (Å²) in [7, 11) is 0. The van der Waals surface area contributed by atoms with Gasteiger partial charge < -0.3 is 10.1 Å². The molecule has 0 aliphatic heterocycles. The third-order valence-corrected chi connectivity index (χ3v) is 2.10. The third kappa shape index (κ3) is 5.30. The van der Waals surface area contributed by atoms with E-state index in [4.69, 9.17) is 4.74 Å². The molecular weight excluding hydrogens is 230 g/mol. The number of rotatable bonds is 5. The molecule has 0 aromatic heterocycles. The molecule has 4 nitrogen and oxygen atoms in total. The van der Waals surface area contributed by atoms with Gasteiger partial charge in [0.2, 0.25) is 5.91 Å². The van der Waals surface area contributed by atoms with Crippen LogP contribution in [-0.4, -0.2) is 18.5 Å². The third-order valence-electron chi connectivity index (χ3n) is 2.10. The van der Waals surface area contributed by atoms with E-state index < -0.39 is 0 Å². The molecule has 0 saturated heterocycles. The Morgan fingerprint density at radius 2 is 1.83 bits per heavy atom. The number of ether oxygens (including phenoxy) is 1. The molecule has 0 spiro atoms. The monoisotopic (exact) mass is 247 g/mol. The van der Waals surface area contributed by atoms with Crippen molar-refractivity contribution in [1.29, 1.82) is 0 Å². The van der Waals surface area contributed by atoms with E-state index in [2.05, 4.69) is 11.9 Å². The van der Waals surface area contributed by atoms with Crippen LogP contribution in [0.1, 0.15) is 19.4 Å². The van der Waals surface area contributed by atoms with Crippen molar-refractivity contribution < 1.29 is 14.3 Å². The second-order valence-corrected chi connectivity index (χ2v) is 4.17. The number of hydrogen-bond acceptors (Lipinski definition) is 3. The Hall–Kier alpha value is -2.10. The molecule has 0 radical (unpaired) electrons. The van der Waals surface area contributed by atoms with Crippen molar-refractivity contribution in [2.24, 2.45) is 0 Å². The summed E-state index contributed by atoms with van der Waals surface area (Å²) in [5.74, 6) is -0.408. The first-order valence-corrected chi connectivity index (χ1v) is 5.64. The van der Waals surface area contributed by atoms with Gasteiger partial charge in [-0.05, 0) is 30.2 Å². The molecule has 1 N–H and O–H groups in total. The van der Waals surface area contributed by atoms with Crippen LogP contribution in [0.15, 0.2) is 36.4 Å². The fraction of sp³-hybridized carbons (Fsp3) is 0.286. The van der Waals surface area contributed by atoms with E-state index in [1.54, 1.807) is 31.2 Å². The molecule has 0 unspecified atom stereocenters. The summed E-state index contributed by atoms with van der Waals surface area (Å²) in [6.07, 6.45) is 0.216. The Labute approximate surface area is 107 Å². The van der Waals surface area contributed by atoms with Crippen LogP contribution in [0.25, 0.3) is 0 Å². The predicted molar refractivity (Wildman–Crippen MR) is 70.2 cm³/mol. The second kappa shape index (κ2) is 6.59. The van der Waals surface area contributed by atoms with E-state index in [0.717, 1.165) is 11.1 Å². The molecule has 1 rings (SSSR count). The van der Waals surface area contributed by atoms with E-state index in [9.17, 15) is 9.59 Å². The zero-order chi connectivity index (χ0) is 13.5. The first-order valence-electron chi connectivity index (χ1n) is 5.64. The van der Waals surface area contributed by atoms with Crippen LogP contribution in [0.2, 0.25) is 0 Å². The molecule has 0 heterocycles. The average molecular weight is 247 g/mol. The number of anilines is 1. The largest absolute Gasteiger partial charge is 0.461 e. The zero-order valence-electron chi connectivity index (χ0n) is 10.7. The molecule has 4 heteroatoms. The van der Waals surface area contributed by atoms with E-state index in [-0.39, 0.29) is 24.9 Å². The molecular formula is C14H17NO3. The van der Waals surface area contributed by atoms with Gasteiger partial charge in [-0.2, -0.15) is 0 Å². The minimum atomic E-state index is -0.287. The van der Waals surface area contributed by atoms with Crippen molar-refractivity contribution in [3.8, 4) is 0 Å². The average Bonchev–Trinajstić information content (AvgIpc) is 2.28. The number of benzene rings is 1. The van der Waals surface area contributed by atoms with Crippen LogP contribution in [-0.2, 0) is 20.7 Å². The van der Waals surface area contributed by atoms with Gasteiger partial charge in [0.05, 0.1) is 6.42 Å². The maximum Gasteiger partial charge on any atom is 0.310 e. The van der Waals surface area contributed by atoms with Crippen LogP contribution in [0.5, 0.6) is 0 Å². The van der Waals surface area contributed by atoms with Crippen LogP contribution >= 0.6 is 0 Å². The predicted octanol–water partition coefficient (Wildman–Crippen LogP) is 2.31. The van der Waals surface area contributed by atoms with Gasteiger partial charge in [0.15, 0.2) is 0 Å². The Balaban J connectivity index is 2.50. The lowest BCUT2D eigenvalue weighted by Crippen LogP contribution is -2.10. The van der Waals surface area contributed by atoms with Gasteiger partial charge in [-0.15, -0.1) is 0 Å². The highest BCUT2D eigenvalue weighted by Crippen LogP contribution is 2.10. The second-order valence-electron chi connectivity index (χ2n) is 4.17. The number of carbonyl (C=O) groups is 2. The van der Waals surface area contributed by atoms with Crippen molar-refractivity contribution in [1.82, 2.24) is 0 Å². The maximum absolute atomic E-state index is 11.4. The van der Waals surface area contributed by atoms with Gasteiger partial charge >= 0.3 is 5.97 Å². The first-order chi connectivity index (χ1) is 8.47. The molecule has 0 bridgehead atoms. The Kier molecular flexibility index (Phi) is 5.11. The van der Waals surface area contributed by atoms with Gasteiger partial charge in [0.25, 0.3) is 0 Å². The molecule has 18 heavy (non-hydrogen) atoms. The first kappa shape index (κ1) is 14.0. The minimum absolute atomic E-state index is 0.122. The van der Waals surface area contributed by atoms with E-state index in [0.29, 0.717) is 5.69 Å². The van der Waals surface area contributed by atoms with Gasteiger partial charge in [-0.25, -0.2) is 0 Å². The Bertz CT molecular complexity index is 449. The van der Waals surface area contributed by atoms with Crippen molar-refractivity contribution in [3.05, 3.63) is 42.0 Å². The van der Waals surface area contributed by atoms with Crippen LogP contribution in [0.4, 0.5) is 5.69 Å². The fourth-order valence-corrected chi connectivity index (χ4v) is 1.33. The molecule has 0 saturated carbocycles. The number of nitrogens with one attached hydrogen (secondary N) is 1. The normalized spacial score (nSPS) is 9.67. The summed E-state index contributed by atoms with van der Waals surface area (Å²) < 4.78 is 4.99. The molecule has 96 valence electrons. The van der Waals surface area contributed by atoms with Crippen LogP contribution in [0.3, 0.4) is 0 Å². The van der Waals surface area contributed by atoms with Crippen LogP contribution < -0.4 is 5.32 Å². The van der Waals surface area contributed by atoms with Crippen molar-refractivity contribution >= 4 is 17.6 Å². The fourth-order valence-electron chi connectivity index (χ4n) is 1.33. The number of carbonyl (C=O) groups excluding carboxylic acids is 2. The molecule has 0 aliphatic rings. The van der Waals surface area contributed by atoms with E-state index >= 15 is 0 Å². The van der Waals surface area contributed by atoms with E-state index in [1.165, 1.54) is 6.92 Å². The summed E-state index contributed by atoms with van der Waals surface area (Å²) in [6, 6.07) is 7.08. The lowest BCUT2D eigenvalue weighted by atomic mass is 10.1.